The average Bonchev–Trinajstić information content (AvgIpc) is 2.44. The molecule has 2 rings (SSSR count). The van der Waals surface area contributed by atoms with E-state index in [4.69, 9.17) is 11.6 Å². The fourth-order valence-corrected chi connectivity index (χ4v) is 3.54. The number of alkyl halides is 1. The second-order valence-electron chi connectivity index (χ2n) is 6.44. The summed E-state index contributed by atoms with van der Waals surface area (Å²) in [7, 11) is 0. The number of carbonyl (C=O) groups excluding carboxylic acids is 1. The summed E-state index contributed by atoms with van der Waals surface area (Å²) in [5, 5.41) is 3.26. The Bertz CT molecular complexity index is 297. The molecule has 0 spiro atoms. The lowest BCUT2D eigenvalue weighted by atomic mass is 10.0. The van der Waals surface area contributed by atoms with Gasteiger partial charge in [0.25, 0.3) is 0 Å². The number of nitrogens with one attached hydrogen (secondary N) is 1. The van der Waals surface area contributed by atoms with Gasteiger partial charge in [-0.15, -0.1) is 11.6 Å². The van der Waals surface area contributed by atoms with E-state index in [1.807, 2.05) is 0 Å². The monoisotopic (exact) mass is 243 g/mol. The Labute approximate surface area is 103 Å². The third kappa shape index (κ3) is 1.66. The molecule has 0 aromatic heterocycles. The van der Waals surface area contributed by atoms with Crippen LogP contribution in [0.15, 0.2) is 0 Å². The van der Waals surface area contributed by atoms with E-state index in [2.05, 4.69) is 33.0 Å². The first-order valence-corrected chi connectivity index (χ1v) is 6.66. The zero-order valence-electron chi connectivity index (χ0n) is 10.6. The van der Waals surface area contributed by atoms with Crippen LogP contribution >= 0.6 is 11.6 Å². The zero-order chi connectivity index (χ0) is 12.1. The second kappa shape index (κ2) is 3.63. The molecule has 16 heavy (non-hydrogen) atoms. The van der Waals surface area contributed by atoms with Gasteiger partial charge in [0.05, 0.1) is 5.38 Å². The van der Waals surface area contributed by atoms with E-state index < -0.39 is 0 Å². The fraction of sp³-hybridized carbons (Fsp3) is 0.923. The van der Waals surface area contributed by atoms with Crippen LogP contribution in [-0.2, 0) is 4.79 Å². The number of hydrogen-bond acceptors (Lipinski definition) is 1. The molecular formula is C13H22ClNO. The second-order valence-corrected chi connectivity index (χ2v) is 7.00. The van der Waals surface area contributed by atoms with Crippen LogP contribution in [0.5, 0.6) is 0 Å². The smallest absolute Gasteiger partial charge is 0.224 e. The third-order valence-electron chi connectivity index (χ3n) is 5.04. The summed E-state index contributed by atoms with van der Waals surface area (Å²) in [4.78, 5) is 12.2. The van der Waals surface area contributed by atoms with Gasteiger partial charge in [-0.2, -0.15) is 0 Å². The Morgan fingerprint density at radius 2 is 1.75 bits per heavy atom. The Kier molecular flexibility index (Phi) is 2.77. The Hall–Kier alpha value is -0.240. The maximum absolute atomic E-state index is 12.2. The fourth-order valence-electron chi connectivity index (χ4n) is 3.20. The standard InChI is InChI=1S/C13H22ClNO/c1-12(2)10(13(12,3)4)11(16)15-9-7-5-6-8(9)14/h8-10H,5-7H2,1-4H3,(H,15,16). The van der Waals surface area contributed by atoms with Crippen LogP contribution < -0.4 is 5.32 Å². The summed E-state index contributed by atoms with van der Waals surface area (Å²) >= 11 is 6.17. The van der Waals surface area contributed by atoms with Gasteiger partial charge in [-0.1, -0.05) is 27.7 Å². The molecular weight excluding hydrogens is 222 g/mol. The van der Waals surface area contributed by atoms with Crippen molar-refractivity contribution in [2.75, 3.05) is 0 Å². The normalized spacial score (nSPS) is 36.1. The Balaban J connectivity index is 1.96. The van der Waals surface area contributed by atoms with Gasteiger partial charge in [0.15, 0.2) is 0 Å². The molecule has 2 unspecified atom stereocenters. The highest BCUT2D eigenvalue weighted by molar-refractivity contribution is 6.21. The number of rotatable bonds is 2. The Morgan fingerprint density at radius 3 is 2.12 bits per heavy atom. The number of amides is 1. The number of carbonyl (C=O) groups is 1. The SMILES string of the molecule is CC1(C)C(C(=O)NC2CCCC2Cl)C1(C)C. The van der Waals surface area contributed by atoms with Crippen LogP contribution in [0.25, 0.3) is 0 Å². The van der Waals surface area contributed by atoms with Crippen molar-refractivity contribution in [3.63, 3.8) is 0 Å². The highest BCUT2D eigenvalue weighted by Crippen LogP contribution is 2.68. The lowest BCUT2D eigenvalue weighted by Crippen LogP contribution is -2.39. The average molecular weight is 244 g/mol. The topological polar surface area (TPSA) is 29.1 Å². The molecule has 2 atom stereocenters. The van der Waals surface area contributed by atoms with Gasteiger partial charge in [-0.25, -0.2) is 0 Å². The highest BCUT2D eigenvalue weighted by atomic mass is 35.5. The molecule has 0 radical (unpaired) electrons. The summed E-state index contributed by atoms with van der Waals surface area (Å²) in [6.07, 6.45) is 3.20. The minimum atomic E-state index is 0.123. The predicted octanol–water partition coefficient (Wildman–Crippen LogP) is 2.94. The maximum Gasteiger partial charge on any atom is 0.224 e. The largest absolute Gasteiger partial charge is 0.352 e. The summed E-state index contributed by atoms with van der Waals surface area (Å²) in [6.45, 7) is 8.68. The van der Waals surface area contributed by atoms with Crippen molar-refractivity contribution in [1.82, 2.24) is 5.32 Å². The lowest BCUT2D eigenvalue weighted by Gasteiger charge is -2.16. The van der Waals surface area contributed by atoms with Gasteiger partial charge in [0.1, 0.15) is 0 Å². The van der Waals surface area contributed by atoms with Crippen LogP contribution in [0.3, 0.4) is 0 Å². The van der Waals surface area contributed by atoms with Crippen molar-refractivity contribution in [2.45, 2.75) is 58.4 Å². The van der Waals surface area contributed by atoms with Crippen LogP contribution in [0.1, 0.15) is 47.0 Å². The molecule has 0 heterocycles. The third-order valence-corrected chi connectivity index (χ3v) is 5.56. The van der Waals surface area contributed by atoms with Crippen molar-refractivity contribution >= 4 is 17.5 Å². The summed E-state index contributed by atoms with van der Waals surface area (Å²) in [5.41, 5.74) is 0.245. The Morgan fingerprint density at radius 1 is 1.19 bits per heavy atom. The molecule has 2 aliphatic carbocycles. The van der Waals surface area contributed by atoms with Gasteiger partial charge in [-0.05, 0) is 30.1 Å². The molecule has 0 aliphatic heterocycles. The van der Waals surface area contributed by atoms with E-state index in [1.54, 1.807) is 0 Å². The summed E-state index contributed by atoms with van der Waals surface area (Å²) < 4.78 is 0. The van der Waals surface area contributed by atoms with E-state index in [1.165, 1.54) is 0 Å². The molecule has 92 valence electrons. The van der Waals surface area contributed by atoms with Crippen LogP contribution in [-0.4, -0.2) is 17.3 Å². The van der Waals surface area contributed by atoms with Gasteiger partial charge >= 0.3 is 0 Å². The summed E-state index contributed by atoms with van der Waals surface area (Å²) in [6, 6.07) is 0.196. The van der Waals surface area contributed by atoms with E-state index in [0.29, 0.717) is 0 Å². The first kappa shape index (κ1) is 12.2. The minimum Gasteiger partial charge on any atom is -0.352 e. The van der Waals surface area contributed by atoms with E-state index in [0.717, 1.165) is 19.3 Å². The van der Waals surface area contributed by atoms with Gasteiger partial charge in [-0.3, -0.25) is 4.79 Å². The van der Waals surface area contributed by atoms with Crippen molar-refractivity contribution in [3.05, 3.63) is 0 Å². The molecule has 0 bridgehead atoms. The first-order valence-electron chi connectivity index (χ1n) is 6.23. The molecule has 2 saturated carbocycles. The van der Waals surface area contributed by atoms with Crippen molar-refractivity contribution in [1.29, 1.82) is 0 Å². The molecule has 2 nitrogen and oxygen atoms in total. The van der Waals surface area contributed by atoms with Crippen molar-refractivity contribution in [2.24, 2.45) is 16.7 Å². The van der Waals surface area contributed by atoms with Gasteiger partial charge < -0.3 is 5.32 Å². The molecule has 2 aliphatic rings. The molecule has 1 N–H and O–H groups in total. The minimum absolute atomic E-state index is 0.123. The maximum atomic E-state index is 12.2. The van der Waals surface area contributed by atoms with Crippen molar-refractivity contribution in [3.8, 4) is 0 Å². The van der Waals surface area contributed by atoms with Crippen LogP contribution in [0.2, 0.25) is 0 Å². The molecule has 0 saturated heterocycles. The predicted molar refractivity (Wildman–Crippen MR) is 66.5 cm³/mol. The highest BCUT2D eigenvalue weighted by Gasteiger charge is 2.68. The van der Waals surface area contributed by atoms with Gasteiger partial charge in [0.2, 0.25) is 5.91 Å². The first-order chi connectivity index (χ1) is 7.28. The van der Waals surface area contributed by atoms with Crippen LogP contribution in [0, 0.1) is 16.7 Å². The lowest BCUT2D eigenvalue weighted by molar-refractivity contribution is -0.124. The number of halogens is 1. The zero-order valence-corrected chi connectivity index (χ0v) is 11.4. The van der Waals surface area contributed by atoms with E-state index in [-0.39, 0.29) is 34.1 Å². The van der Waals surface area contributed by atoms with E-state index >= 15 is 0 Å². The molecule has 1 amide bonds. The van der Waals surface area contributed by atoms with E-state index in [9.17, 15) is 4.79 Å². The summed E-state index contributed by atoms with van der Waals surface area (Å²) in [5.74, 6) is 0.344. The molecule has 0 aromatic carbocycles. The van der Waals surface area contributed by atoms with Crippen molar-refractivity contribution < 1.29 is 4.79 Å². The quantitative estimate of drug-likeness (QED) is 0.743. The van der Waals surface area contributed by atoms with Crippen LogP contribution in [0.4, 0.5) is 0 Å². The molecule has 3 heteroatoms. The molecule has 0 aromatic rings. The molecule has 2 fully saturated rings. The number of hydrogen-bond donors (Lipinski definition) is 1. The van der Waals surface area contributed by atoms with Gasteiger partial charge in [0, 0.05) is 12.0 Å².